The Labute approximate surface area is 184 Å². The van der Waals surface area contributed by atoms with Gasteiger partial charge in [0.15, 0.2) is 11.0 Å². The molecule has 1 unspecified atom stereocenters. The number of halogens is 3. The summed E-state index contributed by atoms with van der Waals surface area (Å²) < 4.78 is 29.7. The molecule has 0 fully saturated rings. The number of hydrogen-bond donors (Lipinski definition) is 0. The van der Waals surface area contributed by atoms with Gasteiger partial charge in [-0.15, -0.1) is 0 Å². The maximum atomic E-state index is 14.2. The predicted octanol–water partition coefficient (Wildman–Crippen LogP) is 5.68. The summed E-state index contributed by atoms with van der Waals surface area (Å²) in [6.45, 7) is 0. The van der Waals surface area contributed by atoms with E-state index in [-0.39, 0.29) is 10.7 Å². The molecule has 1 atom stereocenters. The first-order chi connectivity index (χ1) is 13.8. The molecule has 0 bridgehead atoms. The highest BCUT2D eigenvalue weighted by atomic mass is 79.9. The smallest absolute Gasteiger partial charge is 0.258 e. The summed E-state index contributed by atoms with van der Waals surface area (Å²) in [6.07, 6.45) is 0. The number of carbonyl (C=O) groups excluding carboxylic acids is 1. The molecule has 0 saturated heterocycles. The van der Waals surface area contributed by atoms with Crippen molar-refractivity contribution in [2.24, 2.45) is 0 Å². The molecule has 150 valence electrons. The van der Waals surface area contributed by atoms with Gasteiger partial charge in [-0.3, -0.25) is 9.10 Å². The van der Waals surface area contributed by atoms with E-state index in [4.69, 9.17) is 11.6 Å². The van der Waals surface area contributed by atoms with Crippen molar-refractivity contribution < 1.29 is 13.4 Å². The minimum absolute atomic E-state index is 0.109. The first-order valence-electron chi connectivity index (χ1n) is 8.52. The number of carbonyl (C=O) groups is 1. The molecule has 4 nitrogen and oxygen atoms in total. The van der Waals surface area contributed by atoms with Gasteiger partial charge in [0, 0.05) is 34.8 Å². The Kier molecular flexibility index (Phi) is 6.72. The third kappa shape index (κ3) is 4.86. The molecule has 0 aliphatic rings. The van der Waals surface area contributed by atoms with Crippen LogP contribution in [0.15, 0.2) is 76.1 Å². The third-order valence-corrected chi connectivity index (χ3v) is 6.43. The van der Waals surface area contributed by atoms with Crippen molar-refractivity contribution in [1.82, 2.24) is 0 Å². The fourth-order valence-corrected chi connectivity index (χ4v) is 4.17. The average Bonchev–Trinajstić information content (AvgIpc) is 2.72. The van der Waals surface area contributed by atoms with E-state index in [1.807, 2.05) is 24.3 Å². The number of rotatable bonds is 5. The van der Waals surface area contributed by atoms with Crippen molar-refractivity contribution >= 4 is 55.8 Å². The summed E-state index contributed by atoms with van der Waals surface area (Å²) in [4.78, 5) is 14.5. The van der Waals surface area contributed by atoms with E-state index in [1.54, 1.807) is 35.6 Å². The molecule has 8 heteroatoms. The van der Waals surface area contributed by atoms with Crippen LogP contribution in [-0.2, 0) is 11.0 Å². The summed E-state index contributed by atoms with van der Waals surface area (Å²) in [5, 5.41) is 0.250. The van der Waals surface area contributed by atoms with Crippen LogP contribution in [0.2, 0.25) is 5.02 Å². The third-order valence-electron chi connectivity index (χ3n) is 4.30. The van der Waals surface area contributed by atoms with Crippen LogP contribution < -0.4 is 9.21 Å². The van der Waals surface area contributed by atoms with Crippen LogP contribution in [0.1, 0.15) is 10.4 Å². The topological polar surface area (TPSA) is 40.6 Å². The second-order valence-electron chi connectivity index (χ2n) is 6.21. The normalized spacial score (nSPS) is 11.8. The van der Waals surface area contributed by atoms with Gasteiger partial charge in [0.25, 0.3) is 5.91 Å². The Morgan fingerprint density at radius 1 is 1.03 bits per heavy atom. The molecule has 0 heterocycles. The lowest BCUT2D eigenvalue weighted by molar-refractivity contribution is 0.0992. The van der Waals surface area contributed by atoms with Crippen LogP contribution in [0.4, 0.5) is 15.8 Å². The van der Waals surface area contributed by atoms with Crippen LogP contribution in [-0.4, -0.2) is 24.2 Å². The minimum atomic E-state index is -1.52. The summed E-state index contributed by atoms with van der Waals surface area (Å²) in [5.74, 6) is -1.01. The van der Waals surface area contributed by atoms with Gasteiger partial charge in [-0.25, -0.2) is 8.60 Å². The Bertz CT molecular complexity index is 1080. The van der Waals surface area contributed by atoms with Crippen LogP contribution >= 0.6 is 27.5 Å². The average molecular weight is 496 g/mol. The molecule has 29 heavy (non-hydrogen) atoms. The fraction of sp³-hybridized carbons (Fsp3) is 0.0952. The zero-order valence-corrected chi connectivity index (χ0v) is 18.8. The van der Waals surface area contributed by atoms with Gasteiger partial charge in [0.05, 0.1) is 10.6 Å². The van der Waals surface area contributed by atoms with Crippen LogP contribution in [0, 0.1) is 5.82 Å². The number of hydrogen-bond acceptors (Lipinski definition) is 2. The van der Waals surface area contributed by atoms with Gasteiger partial charge in [-0.2, -0.15) is 0 Å². The van der Waals surface area contributed by atoms with Gasteiger partial charge >= 0.3 is 0 Å². The Morgan fingerprint density at radius 3 is 2.38 bits per heavy atom. The second kappa shape index (κ2) is 9.07. The standard InChI is InChI=1S/C21H17BrClFN2O2S/c1-25(20-11-8-16(23)13-19(20)24)21(27)14-4-3-5-18(12-14)29(28)26(2)17-9-6-15(22)7-10-17/h3-13H,1-2H3. The number of nitrogens with zero attached hydrogens (tertiary/aromatic N) is 2. The summed E-state index contributed by atoms with van der Waals surface area (Å²) in [5.41, 5.74) is 1.18. The highest BCUT2D eigenvalue weighted by Crippen LogP contribution is 2.25. The molecule has 0 radical (unpaired) electrons. The molecule has 1 amide bonds. The molecule has 0 aromatic heterocycles. The van der Waals surface area contributed by atoms with E-state index in [9.17, 15) is 13.4 Å². The highest BCUT2D eigenvalue weighted by Gasteiger charge is 2.19. The maximum absolute atomic E-state index is 14.2. The maximum Gasteiger partial charge on any atom is 0.258 e. The van der Waals surface area contributed by atoms with Crippen molar-refractivity contribution in [3.05, 3.63) is 87.6 Å². The largest absolute Gasteiger partial charge is 0.309 e. The van der Waals surface area contributed by atoms with Crippen LogP contribution in [0.3, 0.4) is 0 Å². The van der Waals surface area contributed by atoms with E-state index in [1.165, 1.54) is 24.1 Å². The summed E-state index contributed by atoms with van der Waals surface area (Å²) >= 11 is 9.15. The summed E-state index contributed by atoms with van der Waals surface area (Å²) in [6, 6.07) is 18.0. The Morgan fingerprint density at radius 2 is 1.72 bits per heavy atom. The van der Waals surface area contributed by atoms with Crippen molar-refractivity contribution in [3.63, 3.8) is 0 Å². The molecule has 3 rings (SSSR count). The molecule has 0 aliphatic carbocycles. The SMILES string of the molecule is CN(C(=O)c1cccc(S(=O)N(C)c2ccc(Br)cc2)c1)c1ccc(Cl)cc1F. The Hall–Kier alpha value is -2.22. The van der Waals surface area contributed by atoms with Gasteiger partial charge in [-0.1, -0.05) is 33.6 Å². The van der Waals surface area contributed by atoms with Crippen molar-refractivity contribution in [3.8, 4) is 0 Å². The Balaban J connectivity index is 1.85. The summed E-state index contributed by atoms with van der Waals surface area (Å²) in [7, 11) is 1.67. The molecule has 0 spiro atoms. The lowest BCUT2D eigenvalue weighted by Crippen LogP contribution is -2.27. The second-order valence-corrected chi connectivity index (χ2v) is 9.08. The molecule has 0 aliphatic heterocycles. The van der Waals surface area contributed by atoms with E-state index >= 15 is 0 Å². The lowest BCUT2D eigenvalue weighted by Gasteiger charge is -2.20. The van der Waals surface area contributed by atoms with Gasteiger partial charge in [0.1, 0.15) is 5.82 Å². The first-order valence-corrected chi connectivity index (χ1v) is 10.8. The molecule has 0 saturated carbocycles. The van der Waals surface area contributed by atoms with E-state index in [2.05, 4.69) is 15.9 Å². The minimum Gasteiger partial charge on any atom is -0.309 e. The van der Waals surface area contributed by atoms with E-state index < -0.39 is 22.7 Å². The highest BCUT2D eigenvalue weighted by molar-refractivity contribution is 9.10. The van der Waals surface area contributed by atoms with Crippen molar-refractivity contribution in [2.75, 3.05) is 23.3 Å². The van der Waals surface area contributed by atoms with Crippen LogP contribution in [0.5, 0.6) is 0 Å². The lowest BCUT2D eigenvalue weighted by atomic mass is 10.2. The fourth-order valence-electron chi connectivity index (χ4n) is 2.70. The van der Waals surface area contributed by atoms with Crippen molar-refractivity contribution in [1.29, 1.82) is 0 Å². The van der Waals surface area contributed by atoms with E-state index in [0.29, 0.717) is 10.5 Å². The quantitative estimate of drug-likeness (QED) is 0.457. The van der Waals surface area contributed by atoms with E-state index in [0.717, 1.165) is 16.2 Å². The number of amides is 1. The molecule has 0 N–H and O–H groups in total. The molecule has 3 aromatic carbocycles. The predicted molar refractivity (Wildman–Crippen MR) is 120 cm³/mol. The first kappa shape index (κ1) is 21.5. The van der Waals surface area contributed by atoms with Gasteiger partial charge < -0.3 is 4.90 Å². The molecular formula is C21H17BrClFN2O2S. The van der Waals surface area contributed by atoms with Crippen molar-refractivity contribution in [2.45, 2.75) is 4.90 Å². The van der Waals surface area contributed by atoms with Gasteiger partial charge in [-0.05, 0) is 60.7 Å². The monoisotopic (exact) mass is 494 g/mol. The number of anilines is 2. The molecule has 3 aromatic rings. The van der Waals surface area contributed by atoms with Crippen LogP contribution in [0.25, 0.3) is 0 Å². The zero-order chi connectivity index (χ0) is 21.1. The number of benzene rings is 3. The molecular weight excluding hydrogens is 479 g/mol. The van der Waals surface area contributed by atoms with Gasteiger partial charge in [0.2, 0.25) is 0 Å². The zero-order valence-electron chi connectivity index (χ0n) is 15.6.